The maximum Gasteiger partial charge on any atom is 0.305 e. The quantitative estimate of drug-likeness (QED) is 0.901. The number of carbonyl (C=O) groups is 1. The topological polar surface area (TPSA) is 53.1 Å². The summed E-state index contributed by atoms with van der Waals surface area (Å²) in [5.41, 5.74) is 3.57. The molecule has 19 heavy (non-hydrogen) atoms. The number of hydrogen-bond acceptors (Lipinski definition) is 2. The van der Waals surface area contributed by atoms with Crippen molar-refractivity contribution >= 4 is 28.6 Å². The Labute approximate surface area is 116 Å². The van der Waals surface area contributed by atoms with E-state index >= 15 is 0 Å². The fourth-order valence-corrected chi connectivity index (χ4v) is 4.50. The van der Waals surface area contributed by atoms with Crippen molar-refractivity contribution in [2.45, 2.75) is 30.9 Å². The van der Waals surface area contributed by atoms with E-state index in [4.69, 9.17) is 0 Å². The summed E-state index contributed by atoms with van der Waals surface area (Å²) >= 11 is 1.78. The Morgan fingerprint density at radius 3 is 3.00 bits per heavy atom. The number of aliphatic carboxylic acids is 1. The summed E-state index contributed by atoms with van der Waals surface area (Å²) in [5.74, 6) is 0.275. The first-order valence-corrected chi connectivity index (χ1v) is 7.60. The van der Waals surface area contributed by atoms with Crippen molar-refractivity contribution in [1.29, 1.82) is 0 Å². The molecule has 2 N–H and O–H groups in total. The molecule has 3 rings (SSSR count). The van der Waals surface area contributed by atoms with Gasteiger partial charge in [0.15, 0.2) is 0 Å². The molecule has 4 heteroatoms. The van der Waals surface area contributed by atoms with Crippen LogP contribution in [0, 0.1) is 0 Å². The largest absolute Gasteiger partial charge is 0.481 e. The molecule has 0 radical (unpaired) electrons. The number of para-hydroxylation sites is 1. The summed E-state index contributed by atoms with van der Waals surface area (Å²) in [4.78, 5) is 14.7. The molecule has 2 aromatic rings. The van der Waals surface area contributed by atoms with Crippen molar-refractivity contribution in [3.05, 3.63) is 35.5 Å². The summed E-state index contributed by atoms with van der Waals surface area (Å²) in [6.07, 6.45) is 2.04. The van der Waals surface area contributed by atoms with Gasteiger partial charge in [0, 0.05) is 16.6 Å². The lowest BCUT2D eigenvalue weighted by Crippen LogP contribution is -2.30. The number of hydrogen-bond donors (Lipinski definition) is 2. The molecule has 1 aromatic heterocycles. The van der Waals surface area contributed by atoms with E-state index in [0.717, 1.165) is 29.8 Å². The number of aromatic nitrogens is 1. The number of aryl methyl sites for hydroxylation is 1. The average Bonchev–Trinajstić information content (AvgIpc) is 2.78. The molecular formula is C15H17NO2S. The van der Waals surface area contributed by atoms with Crippen molar-refractivity contribution in [2.75, 3.05) is 5.75 Å². The zero-order valence-corrected chi connectivity index (χ0v) is 11.7. The van der Waals surface area contributed by atoms with Gasteiger partial charge in [0.2, 0.25) is 0 Å². The predicted octanol–water partition coefficient (Wildman–Crippen LogP) is 3.54. The number of rotatable bonds is 3. The van der Waals surface area contributed by atoms with Crippen LogP contribution in [0.2, 0.25) is 0 Å². The predicted molar refractivity (Wildman–Crippen MR) is 78.7 cm³/mol. The number of carboxylic acid groups (broad SMARTS) is 1. The van der Waals surface area contributed by atoms with Crippen LogP contribution in [0.5, 0.6) is 0 Å². The van der Waals surface area contributed by atoms with Gasteiger partial charge in [0.05, 0.1) is 11.2 Å². The molecule has 0 bridgehead atoms. The molecule has 0 spiro atoms. The third-order valence-electron chi connectivity index (χ3n) is 4.01. The van der Waals surface area contributed by atoms with Crippen LogP contribution in [-0.4, -0.2) is 21.8 Å². The van der Waals surface area contributed by atoms with Crippen molar-refractivity contribution in [2.24, 2.45) is 0 Å². The first-order chi connectivity index (χ1) is 9.16. The second-order valence-corrected chi connectivity index (χ2v) is 6.52. The van der Waals surface area contributed by atoms with Gasteiger partial charge < -0.3 is 10.1 Å². The van der Waals surface area contributed by atoms with Crippen molar-refractivity contribution in [3.63, 3.8) is 0 Å². The summed E-state index contributed by atoms with van der Waals surface area (Å²) < 4.78 is -0.293. The number of benzene rings is 1. The standard InChI is InChI=1S/C15H17NO2S/c1-2-15(9-13(17)18)14-11(7-8-19-15)10-5-3-4-6-12(10)16-14/h3-6,16H,2,7-9H2,1H3,(H,17,18). The molecule has 2 heterocycles. The first kappa shape index (κ1) is 12.6. The van der Waals surface area contributed by atoms with Crippen LogP contribution in [0.4, 0.5) is 0 Å². The summed E-state index contributed by atoms with van der Waals surface area (Å²) in [5, 5.41) is 10.5. The van der Waals surface area contributed by atoms with E-state index in [9.17, 15) is 9.90 Å². The molecule has 1 aromatic carbocycles. The molecule has 0 aliphatic carbocycles. The van der Waals surface area contributed by atoms with E-state index in [1.54, 1.807) is 11.8 Å². The molecule has 1 unspecified atom stereocenters. The highest BCUT2D eigenvalue weighted by Gasteiger charge is 2.40. The van der Waals surface area contributed by atoms with E-state index in [0.29, 0.717) is 0 Å². The lowest BCUT2D eigenvalue weighted by Gasteiger charge is -2.34. The Bertz CT molecular complexity index is 634. The molecule has 100 valence electrons. The Morgan fingerprint density at radius 2 is 2.26 bits per heavy atom. The van der Waals surface area contributed by atoms with Crippen molar-refractivity contribution in [3.8, 4) is 0 Å². The highest BCUT2D eigenvalue weighted by molar-refractivity contribution is 8.00. The van der Waals surface area contributed by atoms with Crippen LogP contribution < -0.4 is 0 Å². The second kappa shape index (κ2) is 4.60. The lowest BCUT2D eigenvalue weighted by atomic mass is 9.92. The van der Waals surface area contributed by atoms with Gasteiger partial charge in [-0.3, -0.25) is 4.79 Å². The van der Waals surface area contributed by atoms with Gasteiger partial charge in [0.25, 0.3) is 0 Å². The van der Waals surface area contributed by atoms with Gasteiger partial charge in [0.1, 0.15) is 0 Å². The first-order valence-electron chi connectivity index (χ1n) is 6.62. The Kier molecular flexibility index (Phi) is 3.05. The smallest absolute Gasteiger partial charge is 0.305 e. The minimum absolute atomic E-state index is 0.188. The minimum Gasteiger partial charge on any atom is -0.481 e. The number of aromatic amines is 1. The third kappa shape index (κ3) is 1.94. The van der Waals surface area contributed by atoms with Crippen LogP contribution in [-0.2, 0) is 16.0 Å². The third-order valence-corrected chi connectivity index (χ3v) is 5.61. The Balaban J connectivity index is 2.20. The Hall–Kier alpha value is -1.42. The maximum absolute atomic E-state index is 11.2. The molecule has 0 amide bonds. The fraction of sp³-hybridized carbons (Fsp3) is 0.400. The Morgan fingerprint density at radius 1 is 1.47 bits per heavy atom. The molecule has 1 atom stereocenters. The van der Waals surface area contributed by atoms with Gasteiger partial charge in [-0.25, -0.2) is 0 Å². The van der Waals surface area contributed by atoms with Gasteiger partial charge >= 0.3 is 5.97 Å². The zero-order chi connectivity index (χ0) is 13.5. The fourth-order valence-electron chi connectivity index (χ4n) is 3.06. The van der Waals surface area contributed by atoms with Crippen LogP contribution in [0.25, 0.3) is 10.9 Å². The van der Waals surface area contributed by atoms with Gasteiger partial charge in [-0.1, -0.05) is 25.1 Å². The van der Waals surface area contributed by atoms with Gasteiger partial charge in [-0.15, -0.1) is 11.8 Å². The molecule has 1 aliphatic rings. The van der Waals surface area contributed by atoms with E-state index < -0.39 is 5.97 Å². The normalized spacial score (nSPS) is 22.4. The van der Waals surface area contributed by atoms with Gasteiger partial charge in [-0.2, -0.15) is 0 Å². The van der Waals surface area contributed by atoms with E-state index in [2.05, 4.69) is 24.0 Å². The van der Waals surface area contributed by atoms with Gasteiger partial charge in [-0.05, 0) is 30.2 Å². The van der Waals surface area contributed by atoms with E-state index in [1.807, 2.05) is 12.1 Å². The highest BCUT2D eigenvalue weighted by atomic mass is 32.2. The summed E-state index contributed by atoms with van der Waals surface area (Å²) in [7, 11) is 0. The number of carboxylic acids is 1. The molecule has 1 aliphatic heterocycles. The van der Waals surface area contributed by atoms with E-state index in [-0.39, 0.29) is 11.2 Å². The molecule has 0 saturated carbocycles. The number of thioether (sulfide) groups is 1. The SMILES string of the molecule is CCC1(CC(=O)O)SCCc2c1[nH]c1ccccc21. The monoisotopic (exact) mass is 275 g/mol. The number of fused-ring (bicyclic) bond motifs is 3. The molecule has 3 nitrogen and oxygen atoms in total. The van der Waals surface area contributed by atoms with Crippen LogP contribution in [0.3, 0.4) is 0 Å². The zero-order valence-electron chi connectivity index (χ0n) is 10.9. The highest BCUT2D eigenvalue weighted by Crippen LogP contribution is 2.49. The van der Waals surface area contributed by atoms with E-state index in [1.165, 1.54) is 10.9 Å². The second-order valence-electron chi connectivity index (χ2n) is 5.04. The lowest BCUT2D eigenvalue weighted by molar-refractivity contribution is -0.137. The molecule has 0 saturated heterocycles. The van der Waals surface area contributed by atoms with Crippen molar-refractivity contribution in [1.82, 2.24) is 4.98 Å². The van der Waals surface area contributed by atoms with Crippen LogP contribution in [0.1, 0.15) is 31.0 Å². The number of H-pyrrole nitrogens is 1. The van der Waals surface area contributed by atoms with Crippen molar-refractivity contribution < 1.29 is 9.90 Å². The molecule has 0 fully saturated rings. The average molecular weight is 275 g/mol. The summed E-state index contributed by atoms with van der Waals surface area (Å²) in [6.45, 7) is 2.08. The minimum atomic E-state index is -0.721. The van der Waals surface area contributed by atoms with Crippen LogP contribution in [0.15, 0.2) is 24.3 Å². The number of nitrogens with one attached hydrogen (secondary N) is 1. The molecular weight excluding hydrogens is 258 g/mol. The van der Waals surface area contributed by atoms with Crippen LogP contribution >= 0.6 is 11.8 Å². The maximum atomic E-state index is 11.2. The summed E-state index contributed by atoms with van der Waals surface area (Å²) in [6, 6.07) is 8.26.